The topological polar surface area (TPSA) is 359 Å². The van der Waals surface area contributed by atoms with E-state index in [2.05, 4.69) is 4.98 Å². The van der Waals surface area contributed by atoms with Crippen molar-refractivity contribution >= 4 is 29.4 Å². The molecule has 22 heteroatoms. The summed E-state index contributed by atoms with van der Waals surface area (Å²) in [5, 5.41) is 28.5. The predicted octanol–water partition coefficient (Wildman–Crippen LogP) is -4.45. The number of aliphatic hydroxyl groups is 3. The van der Waals surface area contributed by atoms with Crippen LogP contribution in [0.3, 0.4) is 0 Å². The average Bonchev–Trinajstić information content (AvgIpc) is 2.85. The molecular weight excluding hydrogens is 525 g/mol. The van der Waals surface area contributed by atoms with E-state index in [1.807, 2.05) is 0 Å². The minimum atomic E-state index is -4.64. The minimum Gasteiger partial charge on any atom is -0.394 e. The van der Waals surface area contributed by atoms with E-state index in [0.29, 0.717) is 0 Å². The molecule has 14 N–H and O–H groups in total. The molecule has 1 aliphatic rings. The zero-order valence-corrected chi connectivity index (χ0v) is 18.7. The van der Waals surface area contributed by atoms with Gasteiger partial charge in [-0.2, -0.15) is 0 Å². The fourth-order valence-electron chi connectivity index (χ4n) is 1.98. The first-order chi connectivity index (χ1) is 14.6. The molecule has 4 atom stereocenters. The normalized spacial score (nSPS) is 22.5. The lowest BCUT2D eigenvalue weighted by Gasteiger charge is -2.16. The van der Waals surface area contributed by atoms with Gasteiger partial charge in [0.05, 0.1) is 17.9 Å². The van der Waals surface area contributed by atoms with Gasteiger partial charge < -0.3 is 69.8 Å². The lowest BCUT2D eigenvalue weighted by molar-refractivity contribution is -0.0241. The van der Waals surface area contributed by atoms with E-state index >= 15 is 0 Å². The van der Waals surface area contributed by atoms with Crippen LogP contribution in [0.15, 0.2) is 18.3 Å². The van der Waals surface area contributed by atoms with Crippen molar-refractivity contribution in [1.29, 1.82) is 0 Å². The summed E-state index contributed by atoms with van der Waals surface area (Å²) in [5.41, 5.74) is 5.48. The van der Waals surface area contributed by atoms with Crippen LogP contribution in [-0.4, -0.2) is 95.2 Å². The Balaban J connectivity index is 0. The van der Waals surface area contributed by atoms with Crippen molar-refractivity contribution in [2.24, 2.45) is 5.73 Å². The molecule has 1 aromatic heterocycles. The van der Waals surface area contributed by atoms with Crippen LogP contribution in [0.2, 0.25) is 0 Å². The summed E-state index contributed by atoms with van der Waals surface area (Å²) in [6, 6.07) is 2.99. The Morgan fingerprint density at radius 2 is 1.30 bits per heavy atom. The third kappa shape index (κ3) is 19.9. The Kier molecular flexibility index (Phi) is 14.7. The van der Waals surface area contributed by atoms with Crippen LogP contribution < -0.4 is 5.73 Å². The zero-order valence-electron chi connectivity index (χ0n) is 16.0. The van der Waals surface area contributed by atoms with Gasteiger partial charge in [-0.15, -0.1) is 0 Å². The van der Waals surface area contributed by atoms with Crippen LogP contribution in [0, 0.1) is 0 Å². The molecule has 0 spiro atoms. The summed E-state index contributed by atoms with van der Waals surface area (Å²) in [5.74, 6) is -0.698. The zero-order chi connectivity index (χ0) is 26.8. The van der Waals surface area contributed by atoms with E-state index in [0.717, 1.165) is 0 Å². The number of carbonyl (C=O) groups excluding carboxylic acids is 1. The van der Waals surface area contributed by atoms with Crippen molar-refractivity contribution in [2.75, 3.05) is 6.61 Å². The maximum absolute atomic E-state index is 11.3. The summed E-state index contributed by atoms with van der Waals surface area (Å²) in [4.78, 5) is 79.9. The Labute approximate surface area is 184 Å². The first kappa shape index (κ1) is 34.0. The summed E-state index contributed by atoms with van der Waals surface area (Å²) >= 11 is 0. The molecule has 0 aromatic carbocycles. The smallest absolute Gasteiger partial charge is 0.394 e. The SMILES string of the molecule is NC(=O)c1cccnc1C1O[C@H](CO)[C@@H](O)[C@H]1O.O=P(O)(O)O.O=P(O)(O)O.O=P(O)(O)O. The molecule has 2 rings (SSSR count). The monoisotopic (exact) mass is 548 g/mol. The van der Waals surface area contributed by atoms with Gasteiger partial charge in [-0.25, -0.2) is 13.7 Å². The minimum absolute atomic E-state index is 0.118. The van der Waals surface area contributed by atoms with Crippen LogP contribution in [0.25, 0.3) is 0 Å². The summed E-state index contributed by atoms with van der Waals surface area (Å²) in [7, 11) is -13.9. The third-order valence-electron chi connectivity index (χ3n) is 2.92. The fourth-order valence-corrected chi connectivity index (χ4v) is 1.98. The van der Waals surface area contributed by atoms with Crippen LogP contribution in [0.5, 0.6) is 0 Å². The molecule has 19 nitrogen and oxygen atoms in total. The quantitative estimate of drug-likeness (QED) is 0.158. The van der Waals surface area contributed by atoms with Gasteiger partial charge in [0, 0.05) is 6.20 Å². The summed E-state index contributed by atoms with van der Waals surface area (Å²) < 4.78 is 31.9. The maximum Gasteiger partial charge on any atom is 0.466 e. The number of nitrogens with zero attached hydrogens (tertiary/aromatic N) is 1. The standard InChI is InChI=1S/C11H14N2O5.3H3O4P/c12-11(17)5-2-1-3-13-7(5)10-9(16)8(15)6(4-14)18-10;3*1-5(2,3)4/h1-3,6,8-10,14-16H,4H2,(H2,12,17);3*(H3,1,2,3,4)/t6-,8-,9-,10?;;;/m1.../s1. The number of nitrogens with two attached hydrogens (primary N) is 1. The Bertz CT molecular complexity index is 808. The van der Waals surface area contributed by atoms with Crippen LogP contribution in [0.4, 0.5) is 0 Å². The summed E-state index contributed by atoms with van der Waals surface area (Å²) in [6.07, 6.45) is -2.97. The van der Waals surface area contributed by atoms with Gasteiger partial charge in [0.25, 0.3) is 5.91 Å². The second-order valence-electron chi connectivity index (χ2n) is 5.60. The second kappa shape index (κ2) is 14.2. The van der Waals surface area contributed by atoms with E-state index < -0.39 is 60.4 Å². The van der Waals surface area contributed by atoms with Gasteiger partial charge in [0.1, 0.15) is 24.4 Å². The van der Waals surface area contributed by atoms with Gasteiger partial charge in [-0.05, 0) is 12.1 Å². The molecule has 1 aliphatic heterocycles. The number of aromatic nitrogens is 1. The number of pyridine rings is 1. The molecular formula is C11H23N2O17P3. The van der Waals surface area contributed by atoms with E-state index in [9.17, 15) is 15.0 Å². The third-order valence-corrected chi connectivity index (χ3v) is 2.92. The first-order valence-electron chi connectivity index (χ1n) is 7.78. The average molecular weight is 548 g/mol. The van der Waals surface area contributed by atoms with Gasteiger partial charge in [0.15, 0.2) is 0 Å². The van der Waals surface area contributed by atoms with Crippen LogP contribution in [0.1, 0.15) is 22.2 Å². The number of ether oxygens (including phenoxy) is 1. The second-order valence-corrected chi connectivity index (χ2v) is 8.68. The highest BCUT2D eigenvalue weighted by Gasteiger charge is 2.44. The predicted molar refractivity (Wildman–Crippen MR) is 102 cm³/mol. The lowest BCUT2D eigenvalue weighted by atomic mass is 10.0. The molecule has 1 aromatic rings. The van der Waals surface area contributed by atoms with Crippen LogP contribution in [-0.2, 0) is 18.4 Å². The fraction of sp³-hybridized carbons (Fsp3) is 0.455. The molecule has 0 aliphatic carbocycles. The number of amides is 1. The molecule has 1 saturated heterocycles. The lowest BCUT2D eigenvalue weighted by Crippen LogP contribution is -2.32. The number of primary amides is 1. The van der Waals surface area contributed by atoms with Crippen molar-refractivity contribution in [3.05, 3.63) is 29.6 Å². The Hall–Kier alpha value is -1.21. The molecule has 0 radical (unpaired) electrons. The Morgan fingerprint density at radius 1 is 0.909 bits per heavy atom. The van der Waals surface area contributed by atoms with E-state index in [1.165, 1.54) is 18.3 Å². The summed E-state index contributed by atoms with van der Waals surface area (Å²) in [6.45, 7) is -0.437. The largest absolute Gasteiger partial charge is 0.466 e. The molecule has 2 heterocycles. The molecule has 33 heavy (non-hydrogen) atoms. The van der Waals surface area contributed by atoms with Crippen molar-refractivity contribution in [3.63, 3.8) is 0 Å². The molecule has 0 bridgehead atoms. The van der Waals surface area contributed by atoms with Crippen molar-refractivity contribution < 1.29 is 82.6 Å². The van der Waals surface area contributed by atoms with Crippen molar-refractivity contribution in [3.8, 4) is 0 Å². The highest BCUT2D eigenvalue weighted by molar-refractivity contribution is 7.45. The number of hydrogen-bond donors (Lipinski definition) is 13. The van der Waals surface area contributed by atoms with Gasteiger partial charge in [0.2, 0.25) is 0 Å². The van der Waals surface area contributed by atoms with Crippen molar-refractivity contribution in [2.45, 2.75) is 24.4 Å². The van der Waals surface area contributed by atoms with E-state index in [4.69, 9.17) is 73.3 Å². The van der Waals surface area contributed by atoms with Gasteiger partial charge in [-0.1, -0.05) is 0 Å². The number of carbonyl (C=O) groups is 1. The highest BCUT2D eigenvalue weighted by Crippen LogP contribution is 2.33. The maximum atomic E-state index is 11.3. The van der Waals surface area contributed by atoms with Gasteiger partial charge >= 0.3 is 23.5 Å². The first-order valence-corrected chi connectivity index (χ1v) is 12.5. The van der Waals surface area contributed by atoms with Gasteiger partial charge in [-0.3, -0.25) is 9.78 Å². The Morgan fingerprint density at radius 3 is 1.61 bits per heavy atom. The number of aliphatic hydroxyl groups excluding tert-OH is 3. The molecule has 1 amide bonds. The van der Waals surface area contributed by atoms with E-state index in [1.54, 1.807) is 0 Å². The number of phosphoric acid groups is 3. The molecule has 1 fully saturated rings. The number of rotatable bonds is 3. The molecule has 194 valence electrons. The van der Waals surface area contributed by atoms with E-state index in [-0.39, 0.29) is 11.3 Å². The number of hydrogen-bond acceptors (Lipinski definition) is 9. The van der Waals surface area contributed by atoms with Crippen LogP contribution >= 0.6 is 23.5 Å². The highest BCUT2D eigenvalue weighted by atomic mass is 31.2. The molecule has 1 unspecified atom stereocenters. The molecule has 0 saturated carbocycles. The van der Waals surface area contributed by atoms with Crippen molar-refractivity contribution in [1.82, 2.24) is 4.98 Å².